The van der Waals surface area contributed by atoms with Crippen LogP contribution in [-0.4, -0.2) is 20.3 Å². The van der Waals surface area contributed by atoms with Crippen molar-refractivity contribution >= 4 is 11.6 Å². The van der Waals surface area contributed by atoms with Crippen molar-refractivity contribution in [3.63, 3.8) is 0 Å². The molecule has 0 fully saturated rings. The van der Waals surface area contributed by atoms with Gasteiger partial charge in [0.25, 0.3) is 0 Å². The summed E-state index contributed by atoms with van der Waals surface area (Å²) >= 11 is 0. The number of imidazole rings is 1. The monoisotopic (exact) mass is 292 g/mol. The van der Waals surface area contributed by atoms with Crippen LogP contribution in [0.25, 0.3) is 5.69 Å². The van der Waals surface area contributed by atoms with Crippen molar-refractivity contribution in [2.75, 3.05) is 5.32 Å². The van der Waals surface area contributed by atoms with Gasteiger partial charge in [-0.2, -0.15) is 0 Å². The average Bonchev–Trinajstić information content (AvgIpc) is 3.08. The summed E-state index contributed by atoms with van der Waals surface area (Å²) < 4.78 is 1.98. The fourth-order valence-electron chi connectivity index (χ4n) is 2.21. The van der Waals surface area contributed by atoms with E-state index < -0.39 is 0 Å². The Morgan fingerprint density at radius 1 is 1.23 bits per heavy atom. The van der Waals surface area contributed by atoms with Crippen molar-refractivity contribution in [1.29, 1.82) is 0 Å². The number of pyridine rings is 1. The fourth-order valence-corrected chi connectivity index (χ4v) is 2.21. The zero-order valence-electron chi connectivity index (χ0n) is 12.2. The number of anilines is 1. The second-order valence-corrected chi connectivity index (χ2v) is 4.94. The average molecular weight is 292 g/mol. The predicted octanol–water partition coefficient (Wildman–Crippen LogP) is 3.08. The SMILES string of the molecule is CC(=O)c1ccc(NCc2ccccc2-n2ccnc2)nc1. The molecular formula is C17H16N4O. The number of para-hydroxylation sites is 1. The Morgan fingerprint density at radius 3 is 2.77 bits per heavy atom. The highest BCUT2D eigenvalue weighted by molar-refractivity contribution is 5.93. The van der Waals surface area contributed by atoms with E-state index in [2.05, 4.69) is 21.4 Å². The molecule has 0 aliphatic carbocycles. The molecular weight excluding hydrogens is 276 g/mol. The Kier molecular flexibility index (Phi) is 3.96. The summed E-state index contributed by atoms with van der Waals surface area (Å²) in [4.78, 5) is 19.6. The van der Waals surface area contributed by atoms with Crippen molar-refractivity contribution in [3.8, 4) is 5.69 Å². The Hall–Kier alpha value is -2.95. The number of Topliss-reactive ketones (excluding diaryl/α,β-unsaturated/α-hetero) is 1. The van der Waals surface area contributed by atoms with Crippen LogP contribution >= 0.6 is 0 Å². The molecule has 3 rings (SSSR count). The maximum absolute atomic E-state index is 11.2. The van der Waals surface area contributed by atoms with Gasteiger partial charge in [0.15, 0.2) is 5.78 Å². The molecule has 1 N–H and O–H groups in total. The molecule has 2 aromatic heterocycles. The summed E-state index contributed by atoms with van der Waals surface area (Å²) in [5.41, 5.74) is 2.83. The lowest BCUT2D eigenvalue weighted by atomic mass is 10.1. The minimum atomic E-state index is 0.0181. The van der Waals surface area contributed by atoms with Crippen molar-refractivity contribution in [1.82, 2.24) is 14.5 Å². The maximum Gasteiger partial charge on any atom is 0.161 e. The minimum absolute atomic E-state index is 0.0181. The van der Waals surface area contributed by atoms with Crippen LogP contribution in [-0.2, 0) is 6.54 Å². The highest BCUT2D eigenvalue weighted by Gasteiger charge is 2.04. The summed E-state index contributed by atoms with van der Waals surface area (Å²) in [5, 5.41) is 3.27. The van der Waals surface area contributed by atoms with E-state index in [9.17, 15) is 4.79 Å². The summed E-state index contributed by atoms with van der Waals surface area (Å²) in [6, 6.07) is 11.7. The summed E-state index contributed by atoms with van der Waals surface area (Å²) in [6.07, 6.45) is 7.04. The van der Waals surface area contributed by atoms with Crippen LogP contribution in [0.1, 0.15) is 22.8 Å². The van der Waals surface area contributed by atoms with Crippen molar-refractivity contribution < 1.29 is 4.79 Å². The van der Waals surface area contributed by atoms with E-state index in [4.69, 9.17) is 0 Å². The molecule has 2 heterocycles. The lowest BCUT2D eigenvalue weighted by molar-refractivity contribution is 0.101. The van der Waals surface area contributed by atoms with Crippen molar-refractivity contribution in [2.24, 2.45) is 0 Å². The predicted molar refractivity (Wildman–Crippen MR) is 85.1 cm³/mol. The third-order valence-corrected chi connectivity index (χ3v) is 3.40. The number of hydrogen-bond donors (Lipinski definition) is 1. The first-order chi connectivity index (χ1) is 10.7. The number of carbonyl (C=O) groups excluding carboxylic acids is 1. The number of nitrogens with one attached hydrogen (secondary N) is 1. The summed E-state index contributed by atoms with van der Waals surface area (Å²) in [5.74, 6) is 0.759. The molecule has 0 aliphatic heterocycles. The van der Waals surface area contributed by atoms with Gasteiger partial charge in [-0.15, -0.1) is 0 Å². The second kappa shape index (κ2) is 6.22. The number of carbonyl (C=O) groups is 1. The number of aromatic nitrogens is 3. The molecule has 0 atom stereocenters. The normalized spacial score (nSPS) is 10.4. The summed E-state index contributed by atoms with van der Waals surface area (Å²) in [6.45, 7) is 2.17. The first kappa shape index (κ1) is 14.0. The molecule has 22 heavy (non-hydrogen) atoms. The third kappa shape index (κ3) is 3.03. The van der Waals surface area contributed by atoms with Gasteiger partial charge < -0.3 is 9.88 Å². The highest BCUT2D eigenvalue weighted by atomic mass is 16.1. The quantitative estimate of drug-likeness (QED) is 0.734. The number of nitrogens with zero attached hydrogens (tertiary/aromatic N) is 3. The molecule has 0 saturated heterocycles. The zero-order chi connectivity index (χ0) is 15.4. The van der Waals surface area contributed by atoms with Crippen LogP contribution in [0.3, 0.4) is 0 Å². The number of benzene rings is 1. The van der Waals surface area contributed by atoms with Gasteiger partial charge in [0.05, 0.1) is 12.0 Å². The molecule has 5 heteroatoms. The van der Waals surface area contributed by atoms with Crippen LogP contribution in [0.4, 0.5) is 5.82 Å². The van der Waals surface area contributed by atoms with Crippen LogP contribution in [0.15, 0.2) is 61.3 Å². The van der Waals surface area contributed by atoms with Crippen LogP contribution < -0.4 is 5.32 Å². The molecule has 0 spiro atoms. The Bertz CT molecular complexity index is 764. The molecule has 5 nitrogen and oxygen atoms in total. The third-order valence-electron chi connectivity index (χ3n) is 3.40. The van der Waals surface area contributed by atoms with Crippen molar-refractivity contribution in [3.05, 3.63) is 72.4 Å². The molecule has 3 aromatic rings. The Labute approximate surface area is 128 Å². The minimum Gasteiger partial charge on any atom is -0.366 e. The molecule has 0 amide bonds. The smallest absolute Gasteiger partial charge is 0.161 e. The van der Waals surface area contributed by atoms with Crippen LogP contribution in [0.5, 0.6) is 0 Å². The van der Waals surface area contributed by atoms with E-state index in [1.165, 1.54) is 6.92 Å². The lowest BCUT2D eigenvalue weighted by Crippen LogP contribution is -2.05. The molecule has 0 saturated carbocycles. The van der Waals surface area contributed by atoms with E-state index in [0.717, 1.165) is 17.1 Å². The second-order valence-electron chi connectivity index (χ2n) is 4.94. The number of rotatable bonds is 5. The van der Waals surface area contributed by atoms with Gasteiger partial charge in [0.1, 0.15) is 5.82 Å². The molecule has 110 valence electrons. The standard InChI is InChI=1S/C17H16N4O/c1-13(22)14-6-7-17(19-10-14)20-11-15-4-2-3-5-16(15)21-9-8-18-12-21/h2-10,12H,11H2,1H3,(H,19,20). The highest BCUT2D eigenvalue weighted by Crippen LogP contribution is 2.16. The van der Waals surface area contributed by atoms with E-state index in [0.29, 0.717) is 12.1 Å². The Morgan fingerprint density at radius 2 is 2.09 bits per heavy atom. The zero-order valence-corrected chi connectivity index (χ0v) is 12.2. The van der Waals surface area contributed by atoms with Gasteiger partial charge in [0, 0.05) is 30.7 Å². The van der Waals surface area contributed by atoms with E-state index >= 15 is 0 Å². The molecule has 0 bridgehead atoms. The van der Waals surface area contributed by atoms with Gasteiger partial charge in [-0.3, -0.25) is 4.79 Å². The van der Waals surface area contributed by atoms with Gasteiger partial charge >= 0.3 is 0 Å². The fraction of sp³-hybridized carbons (Fsp3) is 0.118. The van der Waals surface area contributed by atoms with E-state index in [-0.39, 0.29) is 5.78 Å². The number of ketones is 1. The van der Waals surface area contributed by atoms with Gasteiger partial charge in [0.2, 0.25) is 0 Å². The van der Waals surface area contributed by atoms with Gasteiger partial charge in [-0.25, -0.2) is 9.97 Å². The Balaban J connectivity index is 1.76. The first-order valence-electron chi connectivity index (χ1n) is 7.01. The van der Waals surface area contributed by atoms with E-state index in [1.54, 1.807) is 24.8 Å². The first-order valence-corrected chi connectivity index (χ1v) is 7.01. The van der Waals surface area contributed by atoms with Crippen molar-refractivity contribution in [2.45, 2.75) is 13.5 Å². The largest absolute Gasteiger partial charge is 0.366 e. The molecule has 1 aromatic carbocycles. The molecule has 0 aliphatic rings. The summed E-state index contributed by atoms with van der Waals surface area (Å²) in [7, 11) is 0. The molecule has 0 radical (unpaired) electrons. The topological polar surface area (TPSA) is 59.8 Å². The lowest BCUT2D eigenvalue weighted by Gasteiger charge is -2.11. The maximum atomic E-state index is 11.2. The van der Waals surface area contributed by atoms with Gasteiger partial charge in [-0.1, -0.05) is 18.2 Å². The van der Waals surface area contributed by atoms with Crippen LogP contribution in [0, 0.1) is 0 Å². The van der Waals surface area contributed by atoms with Crippen LogP contribution in [0.2, 0.25) is 0 Å². The van der Waals surface area contributed by atoms with Gasteiger partial charge in [-0.05, 0) is 30.7 Å². The van der Waals surface area contributed by atoms with E-state index in [1.807, 2.05) is 35.0 Å². The molecule has 0 unspecified atom stereocenters. The number of hydrogen-bond acceptors (Lipinski definition) is 4.